The lowest BCUT2D eigenvalue weighted by Gasteiger charge is -2.53. The van der Waals surface area contributed by atoms with Crippen LogP contribution in [0.25, 0.3) is 0 Å². The van der Waals surface area contributed by atoms with E-state index in [0.29, 0.717) is 11.6 Å². The van der Waals surface area contributed by atoms with Crippen LogP contribution in [0.1, 0.15) is 67.2 Å². The van der Waals surface area contributed by atoms with Crippen LogP contribution in [0.5, 0.6) is 0 Å². The van der Waals surface area contributed by atoms with Crippen LogP contribution in [0.2, 0.25) is 0 Å². The Balaban J connectivity index is 1.24. The van der Waals surface area contributed by atoms with Gasteiger partial charge in [0.05, 0.1) is 0 Å². The van der Waals surface area contributed by atoms with Gasteiger partial charge in [-0.05, 0) is 79.7 Å². The largest absolute Gasteiger partial charge is 0.298 e. The molecule has 4 nitrogen and oxygen atoms in total. The van der Waals surface area contributed by atoms with Crippen LogP contribution in [-0.2, 0) is 0 Å². The van der Waals surface area contributed by atoms with Crippen molar-refractivity contribution in [1.29, 1.82) is 0 Å². The summed E-state index contributed by atoms with van der Waals surface area (Å²) in [5.74, 6) is 0.882. The second kappa shape index (κ2) is 7.59. The fourth-order valence-corrected chi connectivity index (χ4v) is 6.44. The van der Waals surface area contributed by atoms with Crippen LogP contribution in [0.4, 0.5) is 0 Å². The SMILES string of the molecule is CC(C)N1CC(N2CC(CC(C)(C)N3CC(N4CCC[C@@H]4C)C3)C[C@H]2C)C1. The van der Waals surface area contributed by atoms with E-state index in [4.69, 9.17) is 0 Å². The maximum atomic E-state index is 2.84. The molecule has 156 valence electrons. The van der Waals surface area contributed by atoms with E-state index in [1.807, 2.05) is 0 Å². The fraction of sp³-hybridized carbons (Fsp3) is 1.00. The van der Waals surface area contributed by atoms with Crippen molar-refractivity contribution < 1.29 is 0 Å². The molecule has 0 spiro atoms. The van der Waals surface area contributed by atoms with E-state index in [-0.39, 0.29) is 0 Å². The molecular formula is C23H44N4. The number of nitrogens with zero attached hydrogens (tertiary/aromatic N) is 4. The van der Waals surface area contributed by atoms with Crippen molar-refractivity contribution >= 4 is 0 Å². The summed E-state index contributed by atoms with van der Waals surface area (Å²) in [7, 11) is 0. The monoisotopic (exact) mass is 376 g/mol. The molecule has 4 saturated heterocycles. The van der Waals surface area contributed by atoms with Crippen molar-refractivity contribution in [3.05, 3.63) is 0 Å². The van der Waals surface area contributed by atoms with E-state index in [9.17, 15) is 0 Å². The van der Waals surface area contributed by atoms with Crippen LogP contribution in [0.15, 0.2) is 0 Å². The summed E-state index contributed by atoms with van der Waals surface area (Å²) in [6.07, 6.45) is 5.59. The highest BCUT2D eigenvalue weighted by atomic mass is 15.4. The quantitative estimate of drug-likeness (QED) is 0.706. The van der Waals surface area contributed by atoms with Gasteiger partial charge in [-0.3, -0.25) is 19.6 Å². The maximum absolute atomic E-state index is 2.84. The topological polar surface area (TPSA) is 13.0 Å². The predicted molar refractivity (Wildman–Crippen MR) is 114 cm³/mol. The normalized spacial score (nSPS) is 35.9. The molecule has 4 aliphatic rings. The van der Waals surface area contributed by atoms with Gasteiger partial charge in [-0.2, -0.15) is 0 Å². The van der Waals surface area contributed by atoms with Crippen LogP contribution >= 0.6 is 0 Å². The number of likely N-dealkylation sites (tertiary alicyclic amines) is 4. The smallest absolute Gasteiger partial charge is 0.0353 e. The minimum atomic E-state index is 0.365. The van der Waals surface area contributed by atoms with Gasteiger partial charge in [0.25, 0.3) is 0 Å². The molecule has 4 heterocycles. The summed E-state index contributed by atoms with van der Waals surface area (Å²) in [6, 6.07) is 3.96. The first-order valence-corrected chi connectivity index (χ1v) is 11.7. The molecule has 0 aromatic heterocycles. The fourth-order valence-electron chi connectivity index (χ4n) is 6.44. The van der Waals surface area contributed by atoms with Crippen LogP contribution in [0.3, 0.4) is 0 Å². The predicted octanol–water partition coefficient (Wildman–Crippen LogP) is 3.13. The zero-order valence-corrected chi connectivity index (χ0v) is 18.8. The van der Waals surface area contributed by atoms with Crippen molar-refractivity contribution in [2.45, 2.75) is 103 Å². The van der Waals surface area contributed by atoms with Gasteiger partial charge < -0.3 is 0 Å². The molecule has 0 saturated carbocycles. The maximum Gasteiger partial charge on any atom is 0.0353 e. The van der Waals surface area contributed by atoms with Crippen LogP contribution < -0.4 is 0 Å². The second-order valence-electron chi connectivity index (χ2n) is 11.2. The number of rotatable bonds is 6. The molecule has 0 N–H and O–H groups in total. The molecule has 0 radical (unpaired) electrons. The van der Waals surface area contributed by atoms with E-state index in [1.54, 1.807) is 0 Å². The average Bonchev–Trinajstić information content (AvgIpc) is 3.02. The summed E-state index contributed by atoms with van der Waals surface area (Å²) >= 11 is 0. The molecule has 1 unspecified atom stereocenters. The number of hydrogen-bond acceptors (Lipinski definition) is 4. The molecule has 4 aliphatic heterocycles. The van der Waals surface area contributed by atoms with Gasteiger partial charge in [0.15, 0.2) is 0 Å². The van der Waals surface area contributed by atoms with Gasteiger partial charge in [0.2, 0.25) is 0 Å². The van der Waals surface area contributed by atoms with Crippen LogP contribution in [0, 0.1) is 5.92 Å². The highest BCUT2D eigenvalue weighted by molar-refractivity contribution is 5.01. The first kappa shape index (κ1) is 20.1. The third-order valence-electron chi connectivity index (χ3n) is 8.38. The van der Waals surface area contributed by atoms with Crippen molar-refractivity contribution in [2.75, 3.05) is 39.3 Å². The Morgan fingerprint density at radius 1 is 0.889 bits per heavy atom. The van der Waals surface area contributed by atoms with Gasteiger partial charge >= 0.3 is 0 Å². The van der Waals surface area contributed by atoms with Gasteiger partial charge in [0, 0.05) is 68.5 Å². The highest BCUT2D eigenvalue weighted by Gasteiger charge is 2.45. The van der Waals surface area contributed by atoms with E-state index < -0.39 is 0 Å². The summed E-state index contributed by atoms with van der Waals surface area (Å²) < 4.78 is 0. The number of hydrogen-bond donors (Lipinski definition) is 0. The third-order valence-corrected chi connectivity index (χ3v) is 8.38. The van der Waals surface area contributed by atoms with Crippen molar-refractivity contribution in [3.8, 4) is 0 Å². The lowest BCUT2D eigenvalue weighted by molar-refractivity contribution is -0.0410. The molecule has 0 aliphatic carbocycles. The molecular weight excluding hydrogens is 332 g/mol. The van der Waals surface area contributed by atoms with Gasteiger partial charge in [-0.15, -0.1) is 0 Å². The Labute approximate surface area is 168 Å². The average molecular weight is 377 g/mol. The molecule has 0 aromatic carbocycles. The highest BCUT2D eigenvalue weighted by Crippen LogP contribution is 2.38. The van der Waals surface area contributed by atoms with Gasteiger partial charge in [-0.1, -0.05) is 0 Å². The Hall–Kier alpha value is -0.160. The van der Waals surface area contributed by atoms with Crippen molar-refractivity contribution in [1.82, 2.24) is 19.6 Å². The summed E-state index contributed by atoms with van der Waals surface area (Å²) in [5, 5.41) is 0. The molecule has 4 heteroatoms. The molecule has 0 aromatic rings. The second-order valence-corrected chi connectivity index (χ2v) is 11.2. The minimum absolute atomic E-state index is 0.365. The molecule has 0 bridgehead atoms. The van der Waals surface area contributed by atoms with E-state index >= 15 is 0 Å². The molecule has 27 heavy (non-hydrogen) atoms. The van der Waals surface area contributed by atoms with E-state index in [2.05, 4.69) is 61.1 Å². The summed E-state index contributed by atoms with van der Waals surface area (Å²) in [5.41, 5.74) is 0.365. The first-order chi connectivity index (χ1) is 12.7. The van der Waals surface area contributed by atoms with Crippen LogP contribution in [-0.4, -0.2) is 94.6 Å². The lowest BCUT2D eigenvalue weighted by Crippen LogP contribution is -2.66. The Morgan fingerprint density at radius 3 is 2.15 bits per heavy atom. The lowest BCUT2D eigenvalue weighted by atomic mass is 9.84. The molecule has 4 fully saturated rings. The Kier molecular flexibility index (Phi) is 5.66. The summed E-state index contributed by atoms with van der Waals surface area (Å²) in [6.45, 7) is 22.4. The van der Waals surface area contributed by atoms with E-state index in [1.165, 1.54) is 65.0 Å². The zero-order chi connectivity index (χ0) is 19.3. The van der Waals surface area contributed by atoms with Gasteiger partial charge in [0.1, 0.15) is 0 Å². The first-order valence-electron chi connectivity index (χ1n) is 11.7. The van der Waals surface area contributed by atoms with E-state index in [0.717, 1.165) is 30.1 Å². The Morgan fingerprint density at radius 2 is 1.56 bits per heavy atom. The zero-order valence-electron chi connectivity index (χ0n) is 18.8. The minimum Gasteiger partial charge on any atom is -0.298 e. The molecule has 4 rings (SSSR count). The summed E-state index contributed by atoms with van der Waals surface area (Å²) in [4.78, 5) is 11.0. The molecule has 3 atom stereocenters. The van der Waals surface area contributed by atoms with Crippen molar-refractivity contribution in [2.24, 2.45) is 5.92 Å². The van der Waals surface area contributed by atoms with Crippen molar-refractivity contribution in [3.63, 3.8) is 0 Å². The standard InChI is InChI=1S/C23H44N4/c1-17(2)24-13-21(14-24)27-12-20(10-19(27)4)11-23(5,6)25-15-22(16-25)26-9-7-8-18(26)3/h17-22H,7-16H2,1-6H3/t18-,19+,20?/m0/s1. The van der Waals surface area contributed by atoms with Gasteiger partial charge in [-0.25, -0.2) is 0 Å². The Bertz CT molecular complexity index is 507. The third kappa shape index (κ3) is 3.97. The molecule has 0 amide bonds.